The summed E-state index contributed by atoms with van der Waals surface area (Å²) in [6, 6.07) is 0. The Morgan fingerprint density at radius 3 is 1.62 bits per heavy atom. The lowest BCUT2D eigenvalue weighted by Crippen LogP contribution is -2.15. The molecule has 0 fully saturated rings. The van der Waals surface area contributed by atoms with Gasteiger partial charge in [-0.2, -0.15) is 0 Å². The third-order valence-electron chi connectivity index (χ3n) is 5.67. The predicted octanol–water partition coefficient (Wildman–Crippen LogP) is 9.31. The highest BCUT2D eigenvalue weighted by atomic mass is 14.8. The first-order valence-electron chi connectivity index (χ1n) is 12.7. The highest BCUT2D eigenvalue weighted by molar-refractivity contribution is 5.05. The molecule has 0 aromatic rings. The van der Waals surface area contributed by atoms with Gasteiger partial charge in [0.25, 0.3) is 0 Å². The summed E-state index contributed by atoms with van der Waals surface area (Å²) < 4.78 is 0. The Hall–Kier alpha value is -0.820. The minimum Gasteiger partial charge on any atom is -0.313 e. The van der Waals surface area contributed by atoms with Crippen molar-refractivity contribution < 1.29 is 0 Å². The molecule has 0 saturated carbocycles. The summed E-state index contributed by atoms with van der Waals surface area (Å²) in [5, 5.41) is 3.59. The first kappa shape index (κ1) is 28.2. The maximum absolute atomic E-state index is 3.59. The number of unbranched alkanes of at least 4 members (excludes halogenated alkanes) is 10. The van der Waals surface area contributed by atoms with Crippen LogP contribution in [0.2, 0.25) is 0 Å². The minimum absolute atomic E-state index is 1.03. The molecular formula is C28H53N. The van der Waals surface area contributed by atoms with Crippen LogP contribution in [0.5, 0.6) is 0 Å². The molecule has 1 nitrogen and oxygen atoms in total. The van der Waals surface area contributed by atoms with Crippen molar-refractivity contribution >= 4 is 0 Å². The summed E-state index contributed by atoms with van der Waals surface area (Å²) in [5.74, 6) is 0. The summed E-state index contributed by atoms with van der Waals surface area (Å²) in [7, 11) is 0. The van der Waals surface area contributed by atoms with Crippen molar-refractivity contribution in [2.24, 2.45) is 0 Å². The summed E-state index contributed by atoms with van der Waals surface area (Å²) >= 11 is 0. The van der Waals surface area contributed by atoms with E-state index in [0.717, 1.165) is 6.54 Å². The Bertz CT molecular complexity index is 437. The van der Waals surface area contributed by atoms with Crippen molar-refractivity contribution in [1.82, 2.24) is 5.32 Å². The summed E-state index contributed by atoms with van der Waals surface area (Å²) in [5.41, 5.74) is 4.48. The molecule has 170 valence electrons. The van der Waals surface area contributed by atoms with E-state index in [-0.39, 0.29) is 0 Å². The number of rotatable bonds is 20. The molecular weight excluding hydrogens is 350 g/mol. The summed E-state index contributed by atoms with van der Waals surface area (Å²) in [6.07, 6.45) is 27.5. The SMILES string of the molecule is CCCCCCCCCCCCCNCC=C(C)CCC=C(C)CCC=C(C)C. The van der Waals surface area contributed by atoms with E-state index >= 15 is 0 Å². The van der Waals surface area contributed by atoms with Crippen LogP contribution in [-0.4, -0.2) is 13.1 Å². The van der Waals surface area contributed by atoms with Crippen molar-refractivity contribution in [2.45, 2.75) is 131 Å². The molecule has 0 aliphatic rings. The van der Waals surface area contributed by atoms with Crippen LogP contribution in [-0.2, 0) is 0 Å². The quantitative estimate of drug-likeness (QED) is 0.158. The van der Waals surface area contributed by atoms with Gasteiger partial charge >= 0.3 is 0 Å². The Morgan fingerprint density at radius 2 is 1.07 bits per heavy atom. The van der Waals surface area contributed by atoms with E-state index in [0.29, 0.717) is 0 Å². The highest BCUT2D eigenvalue weighted by Crippen LogP contribution is 2.12. The fourth-order valence-electron chi connectivity index (χ4n) is 3.60. The highest BCUT2D eigenvalue weighted by Gasteiger charge is 1.94. The lowest BCUT2D eigenvalue weighted by molar-refractivity contribution is 0.543. The molecule has 0 heterocycles. The molecule has 0 saturated heterocycles. The topological polar surface area (TPSA) is 12.0 Å². The molecule has 29 heavy (non-hydrogen) atoms. The second-order valence-electron chi connectivity index (χ2n) is 9.20. The van der Waals surface area contributed by atoms with Gasteiger partial charge in [0, 0.05) is 6.54 Å². The number of hydrogen-bond donors (Lipinski definition) is 1. The number of hydrogen-bond acceptors (Lipinski definition) is 1. The molecule has 0 aliphatic heterocycles. The Balaban J connectivity index is 3.46. The Kier molecular flexibility index (Phi) is 21.3. The van der Waals surface area contributed by atoms with Crippen molar-refractivity contribution in [2.75, 3.05) is 13.1 Å². The molecule has 1 N–H and O–H groups in total. The van der Waals surface area contributed by atoms with Gasteiger partial charge in [0.15, 0.2) is 0 Å². The van der Waals surface area contributed by atoms with Gasteiger partial charge in [-0.25, -0.2) is 0 Å². The largest absolute Gasteiger partial charge is 0.313 e. The zero-order chi connectivity index (χ0) is 21.6. The lowest BCUT2D eigenvalue weighted by Gasteiger charge is -2.05. The maximum Gasteiger partial charge on any atom is 0.0137 e. The third-order valence-corrected chi connectivity index (χ3v) is 5.67. The molecule has 0 rings (SSSR count). The van der Waals surface area contributed by atoms with Crippen molar-refractivity contribution in [3.63, 3.8) is 0 Å². The Morgan fingerprint density at radius 1 is 0.586 bits per heavy atom. The molecule has 0 aliphatic carbocycles. The van der Waals surface area contributed by atoms with Gasteiger partial charge in [0.1, 0.15) is 0 Å². The van der Waals surface area contributed by atoms with Crippen LogP contribution in [0.15, 0.2) is 34.9 Å². The van der Waals surface area contributed by atoms with E-state index < -0.39 is 0 Å². The number of allylic oxidation sites excluding steroid dienone is 5. The first-order valence-corrected chi connectivity index (χ1v) is 12.7. The standard InChI is InChI=1S/C28H53N/c1-6-7-8-9-10-11-12-13-14-15-16-24-29-25-23-28(5)22-18-21-27(4)20-17-19-26(2)3/h19,21,23,29H,6-18,20,22,24-25H2,1-5H3. The molecule has 1 heteroatoms. The van der Waals surface area contributed by atoms with Crippen LogP contribution in [0.3, 0.4) is 0 Å². The lowest BCUT2D eigenvalue weighted by atomic mass is 10.1. The molecule has 0 bridgehead atoms. The van der Waals surface area contributed by atoms with E-state index in [1.807, 2.05) is 0 Å². The van der Waals surface area contributed by atoms with Crippen LogP contribution >= 0.6 is 0 Å². The van der Waals surface area contributed by atoms with E-state index in [2.05, 4.69) is 58.2 Å². The molecule has 0 unspecified atom stereocenters. The second kappa shape index (κ2) is 21.9. The number of nitrogens with one attached hydrogen (secondary N) is 1. The van der Waals surface area contributed by atoms with Gasteiger partial charge in [-0.05, 0) is 66.3 Å². The van der Waals surface area contributed by atoms with E-state index in [4.69, 9.17) is 0 Å². The average molecular weight is 404 g/mol. The molecule has 0 amide bonds. The monoisotopic (exact) mass is 403 g/mol. The molecule has 0 aromatic carbocycles. The van der Waals surface area contributed by atoms with Gasteiger partial charge in [-0.1, -0.05) is 106 Å². The van der Waals surface area contributed by atoms with E-state index in [1.54, 1.807) is 0 Å². The van der Waals surface area contributed by atoms with E-state index in [1.165, 1.54) is 120 Å². The van der Waals surface area contributed by atoms with Crippen LogP contribution in [0.25, 0.3) is 0 Å². The van der Waals surface area contributed by atoms with Gasteiger partial charge in [-0.15, -0.1) is 0 Å². The first-order chi connectivity index (χ1) is 14.1. The van der Waals surface area contributed by atoms with Gasteiger partial charge in [0.2, 0.25) is 0 Å². The summed E-state index contributed by atoms with van der Waals surface area (Å²) in [6.45, 7) is 13.4. The van der Waals surface area contributed by atoms with Crippen LogP contribution in [0, 0.1) is 0 Å². The van der Waals surface area contributed by atoms with Crippen LogP contribution < -0.4 is 5.32 Å². The summed E-state index contributed by atoms with van der Waals surface area (Å²) in [4.78, 5) is 0. The molecule has 0 radical (unpaired) electrons. The van der Waals surface area contributed by atoms with Gasteiger partial charge in [0.05, 0.1) is 0 Å². The zero-order valence-corrected chi connectivity index (χ0v) is 20.8. The van der Waals surface area contributed by atoms with Crippen molar-refractivity contribution in [3.05, 3.63) is 34.9 Å². The Labute approximate surface area is 184 Å². The smallest absolute Gasteiger partial charge is 0.0137 e. The average Bonchev–Trinajstić information content (AvgIpc) is 2.68. The second-order valence-corrected chi connectivity index (χ2v) is 9.20. The van der Waals surface area contributed by atoms with Gasteiger partial charge in [-0.3, -0.25) is 0 Å². The molecule has 0 spiro atoms. The van der Waals surface area contributed by atoms with Crippen molar-refractivity contribution in [3.8, 4) is 0 Å². The predicted molar refractivity (Wildman–Crippen MR) is 135 cm³/mol. The van der Waals surface area contributed by atoms with Gasteiger partial charge < -0.3 is 5.32 Å². The van der Waals surface area contributed by atoms with E-state index in [9.17, 15) is 0 Å². The molecule has 0 atom stereocenters. The fraction of sp³-hybridized carbons (Fsp3) is 0.786. The molecule has 0 aromatic heterocycles. The van der Waals surface area contributed by atoms with Crippen LogP contribution in [0.4, 0.5) is 0 Å². The maximum atomic E-state index is 3.59. The van der Waals surface area contributed by atoms with Crippen LogP contribution in [0.1, 0.15) is 131 Å². The third kappa shape index (κ3) is 23.3. The minimum atomic E-state index is 1.03. The fourth-order valence-corrected chi connectivity index (χ4v) is 3.60. The zero-order valence-electron chi connectivity index (χ0n) is 20.8. The normalized spacial score (nSPS) is 12.4. The van der Waals surface area contributed by atoms with Crippen molar-refractivity contribution in [1.29, 1.82) is 0 Å².